The fourth-order valence-electron chi connectivity index (χ4n) is 3.28. The zero-order valence-electron chi connectivity index (χ0n) is 17.0. The number of carbonyl (C=O) groups excluding carboxylic acids is 1. The van der Waals surface area contributed by atoms with Crippen LogP contribution in [0.3, 0.4) is 0 Å². The van der Waals surface area contributed by atoms with E-state index in [0.29, 0.717) is 31.3 Å². The molecule has 2 aromatic rings. The van der Waals surface area contributed by atoms with E-state index in [4.69, 9.17) is 4.74 Å². The lowest BCUT2D eigenvalue weighted by Gasteiger charge is -2.26. The molecule has 1 amide bonds. The Hall–Kier alpha value is -2.36. The Bertz CT molecular complexity index is 845. The summed E-state index contributed by atoms with van der Waals surface area (Å²) in [5, 5.41) is 9.52. The molecule has 1 unspecified atom stereocenters. The van der Waals surface area contributed by atoms with Gasteiger partial charge >= 0.3 is 0 Å². The Labute approximate surface area is 193 Å². The van der Waals surface area contributed by atoms with E-state index in [1.165, 1.54) is 12.1 Å². The van der Waals surface area contributed by atoms with Crippen LogP contribution in [0.5, 0.6) is 5.75 Å². The molecule has 0 radical (unpaired) electrons. The molecule has 3 rings (SSSR count). The molecule has 30 heavy (non-hydrogen) atoms. The number of guanidine groups is 1. The van der Waals surface area contributed by atoms with Crippen molar-refractivity contribution in [1.82, 2.24) is 10.6 Å². The van der Waals surface area contributed by atoms with Gasteiger partial charge in [0, 0.05) is 38.2 Å². The summed E-state index contributed by atoms with van der Waals surface area (Å²) in [4.78, 5) is 16.2. The van der Waals surface area contributed by atoms with Crippen LogP contribution in [0, 0.1) is 5.82 Å². The second-order valence-corrected chi connectivity index (χ2v) is 6.93. The Balaban J connectivity index is 0.00000320. The van der Waals surface area contributed by atoms with Gasteiger partial charge in [0.2, 0.25) is 5.91 Å². The van der Waals surface area contributed by atoms with Crippen molar-refractivity contribution in [2.24, 2.45) is 4.99 Å². The second kappa shape index (κ2) is 12.4. The number of carbonyl (C=O) groups is 1. The molecule has 0 fully saturated rings. The van der Waals surface area contributed by atoms with Gasteiger partial charge in [-0.05, 0) is 48.7 Å². The van der Waals surface area contributed by atoms with Gasteiger partial charge in [-0.15, -0.1) is 24.0 Å². The van der Waals surface area contributed by atoms with Crippen LogP contribution in [-0.4, -0.2) is 38.6 Å². The lowest BCUT2D eigenvalue weighted by Crippen LogP contribution is -2.41. The van der Waals surface area contributed by atoms with Gasteiger partial charge in [-0.3, -0.25) is 9.79 Å². The number of para-hydroxylation sites is 1. The lowest BCUT2D eigenvalue weighted by atomic mass is 9.90. The van der Waals surface area contributed by atoms with Crippen LogP contribution < -0.4 is 20.7 Å². The monoisotopic (exact) mass is 526 g/mol. The minimum absolute atomic E-state index is 0. The standard InChI is InChI=1S/C22H27FN4O2.HI/c1-24-22(25-12-4-5-13-29-18-10-8-17(23)9-11-18)26-15-16-14-21(28)27-20-7-3-2-6-19(16)20;/h2-3,6-11,16H,4-5,12-15H2,1H3,(H,27,28)(H2,24,25,26);1H. The van der Waals surface area contributed by atoms with E-state index < -0.39 is 0 Å². The van der Waals surface area contributed by atoms with Gasteiger partial charge in [-0.1, -0.05) is 18.2 Å². The minimum Gasteiger partial charge on any atom is -0.494 e. The molecule has 3 N–H and O–H groups in total. The molecular formula is C22H28FIN4O2. The predicted octanol–water partition coefficient (Wildman–Crippen LogP) is 3.89. The minimum atomic E-state index is -0.266. The van der Waals surface area contributed by atoms with Crippen LogP contribution >= 0.6 is 24.0 Å². The van der Waals surface area contributed by atoms with Crippen molar-refractivity contribution in [1.29, 1.82) is 0 Å². The van der Waals surface area contributed by atoms with Crippen LogP contribution in [0.2, 0.25) is 0 Å². The first-order chi connectivity index (χ1) is 14.2. The summed E-state index contributed by atoms with van der Waals surface area (Å²) in [6.07, 6.45) is 2.25. The fourth-order valence-corrected chi connectivity index (χ4v) is 3.28. The zero-order chi connectivity index (χ0) is 20.5. The fraction of sp³-hybridized carbons (Fsp3) is 0.364. The number of hydrogen-bond acceptors (Lipinski definition) is 3. The SMILES string of the molecule is CN=C(NCCCCOc1ccc(F)cc1)NCC1CC(=O)Nc2ccccc21.I. The van der Waals surface area contributed by atoms with Crippen molar-refractivity contribution < 1.29 is 13.9 Å². The highest BCUT2D eigenvalue weighted by molar-refractivity contribution is 14.0. The molecule has 1 heterocycles. The molecule has 8 heteroatoms. The largest absolute Gasteiger partial charge is 0.494 e. The van der Waals surface area contributed by atoms with Gasteiger partial charge in [-0.25, -0.2) is 4.39 Å². The molecule has 162 valence electrons. The number of rotatable bonds is 8. The van der Waals surface area contributed by atoms with E-state index in [-0.39, 0.29) is 41.6 Å². The maximum Gasteiger partial charge on any atom is 0.225 e. The van der Waals surface area contributed by atoms with E-state index >= 15 is 0 Å². The number of halogens is 2. The maximum absolute atomic E-state index is 12.9. The molecule has 0 spiro atoms. The van der Waals surface area contributed by atoms with E-state index in [2.05, 4.69) is 27.0 Å². The van der Waals surface area contributed by atoms with Gasteiger partial charge in [0.1, 0.15) is 11.6 Å². The summed E-state index contributed by atoms with van der Waals surface area (Å²) in [7, 11) is 1.73. The molecule has 1 aliphatic rings. The summed E-state index contributed by atoms with van der Waals surface area (Å²) in [6, 6.07) is 13.9. The number of amides is 1. The Morgan fingerprint density at radius 3 is 2.70 bits per heavy atom. The molecule has 0 saturated carbocycles. The lowest BCUT2D eigenvalue weighted by molar-refractivity contribution is -0.116. The number of ether oxygens (including phenoxy) is 1. The number of nitrogens with zero attached hydrogens (tertiary/aromatic N) is 1. The molecule has 0 saturated heterocycles. The summed E-state index contributed by atoms with van der Waals surface area (Å²) in [5.41, 5.74) is 2.03. The highest BCUT2D eigenvalue weighted by Gasteiger charge is 2.24. The Morgan fingerprint density at radius 1 is 1.17 bits per heavy atom. The molecule has 1 aliphatic heterocycles. The zero-order valence-corrected chi connectivity index (χ0v) is 19.3. The number of unbranched alkanes of at least 4 members (excludes halogenated alkanes) is 1. The van der Waals surface area contributed by atoms with Crippen molar-refractivity contribution in [3.63, 3.8) is 0 Å². The number of anilines is 1. The maximum atomic E-state index is 12.9. The highest BCUT2D eigenvalue weighted by atomic mass is 127. The molecule has 0 aromatic heterocycles. The summed E-state index contributed by atoms with van der Waals surface area (Å²) in [5.74, 6) is 1.28. The molecule has 1 atom stereocenters. The highest BCUT2D eigenvalue weighted by Crippen LogP contribution is 2.31. The second-order valence-electron chi connectivity index (χ2n) is 6.93. The van der Waals surface area contributed by atoms with E-state index in [1.807, 2.05) is 18.2 Å². The van der Waals surface area contributed by atoms with Gasteiger partial charge in [-0.2, -0.15) is 0 Å². The van der Waals surface area contributed by atoms with Crippen LogP contribution in [0.4, 0.5) is 10.1 Å². The number of aliphatic imine (C=N–C) groups is 1. The number of nitrogens with one attached hydrogen (secondary N) is 3. The van der Waals surface area contributed by atoms with E-state index in [9.17, 15) is 9.18 Å². The summed E-state index contributed by atoms with van der Waals surface area (Å²) < 4.78 is 18.4. The van der Waals surface area contributed by atoms with Crippen molar-refractivity contribution in [2.75, 3.05) is 32.1 Å². The topological polar surface area (TPSA) is 74.8 Å². The average molecular weight is 526 g/mol. The Morgan fingerprint density at radius 2 is 1.93 bits per heavy atom. The summed E-state index contributed by atoms with van der Waals surface area (Å²) >= 11 is 0. The molecular weight excluding hydrogens is 498 g/mol. The average Bonchev–Trinajstić information content (AvgIpc) is 2.73. The van der Waals surface area contributed by atoms with Gasteiger partial charge in [0.25, 0.3) is 0 Å². The Kier molecular flexibility index (Phi) is 9.85. The first kappa shape index (κ1) is 23.9. The van der Waals surface area contributed by atoms with Crippen LogP contribution in [0.25, 0.3) is 0 Å². The third-order valence-electron chi connectivity index (χ3n) is 4.79. The van der Waals surface area contributed by atoms with Crippen molar-refractivity contribution in [2.45, 2.75) is 25.2 Å². The summed E-state index contributed by atoms with van der Waals surface area (Å²) in [6.45, 7) is 1.97. The van der Waals surface area contributed by atoms with Crippen LogP contribution in [-0.2, 0) is 4.79 Å². The predicted molar refractivity (Wildman–Crippen MR) is 128 cm³/mol. The smallest absolute Gasteiger partial charge is 0.225 e. The number of hydrogen-bond donors (Lipinski definition) is 3. The molecule has 2 aromatic carbocycles. The van der Waals surface area contributed by atoms with Crippen molar-refractivity contribution in [3.8, 4) is 5.75 Å². The van der Waals surface area contributed by atoms with Crippen LogP contribution in [0.1, 0.15) is 30.7 Å². The van der Waals surface area contributed by atoms with Crippen LogP contribution in [0.15, 0.2) is 53.5 Å². The van der Waals surface area contributed by atoms with Crippen molar-refractivity contribution >= 4 is 41.5 Å². The molecule has 0 bridgehead atoms. The van der Waals surface area contributed by atoms with Gasteiger partial charge in [0.15, 0.2) is 5.96 Å². The number of fused-ring (bicyclic) bond motifs is 1. The normalized spacial score (nSPS) is 15.5. The molecule has 6 nitrogen and oxygen atoms in total. The van der Waals surface area contributed by atoms with Gasteiger partial charge < -0.3 is 20.7 Å². The number of benzene rings is 2. The molecule has 0 aliphatic carbocycles. The third kappa shape index (κ3) is 7.16. The van der Waals surface area contributed by atoms with E-state index in [0.717, 1.165) is 30.6 Å². The first-order valence-electron chi connectivity index (χ1n) is 9.87. The van der Waals surface area contributed by atoms with E-state index in [1.54, 1.807) is 19.2 Å². The van der Waals surface area contributed by atoms with Gasteiger partial charge in [0.05, 0.1) is 6.61 Å². The first-order valence-corrected chi connectivity index (χ1v) is 9.87. The third-order valence-corrected chi connectivity index (χ3v) is 4.79. The van der Waals surface area contributed by atoms with Crippen molar-refractivity contribution in [3.05, 3.63) is 59.9 Å². The quantitative estimate of drug-likeness (QED) is 0.211.